The first-order valence-electron chi connectivity index (χ1n) is 13.2. The Labute approximate surface area is 235 Å². The molecule has 0 fully saturated rings. The summed E-state index contributed by atoms with van der Waals surface area (Å²) in [4.78, 5) is 49.9. The van der Waals surface area contributed by atoms with Gasteiger partial charge in [-0.25, -0.2) is 9.59 Å². The zero-order valence-electron chi connectivity index (χ0n) is 24.3. The topological polar surface area (TPSA) is 143 Å². The van der Waals surface area contributed by atoms with Gasteiger partial charge < -0.3 is 30.5 Å². The molecule has 0 aliphatic heterocycles. The lowest BCUT2D eigenvalue weighted by atomic mass is 9.95. The summed E-state index contributed by atoms with van der Waals surface area (Å²) in [6.45, 7) is 10.8. The minimum Gasteiger partial charge on any atom is -0.508 e. The Bertz CT molecular complexity index is 1180. The zero-order valence-corrected chi connectivity index (χ0v) is 24.3. The lowest BCUT2D eigenvalue weighted by Crippen LogP contribution is -2.54. The predicted molar refractivity (Wildman–Crippen MR) is 151 cm³/mol. The number of phenolic OH excluding ortho intramolecular Hbond substituents is 1. The molecule has 0 aliphatic carbocycles. The van der Waals surface area contributed by atoms with Crippen LogP contribution in [0.5, 0.6) is 5.75 Å². The summed E-state index contributed by atoms with van der Waals surface area (Å²) in [6.07, 6.45) is 0.743. The molecule has 2 atom stereocenters. The van der Waals surface area contributed by atoms with E-state index in [0.29, 0.717) is 24.9 Å². The minimum absolute atomic E-state index is 0.114. The Morgan fingerprint density at radius 3 is 2.10 bits per heavy atom. The average molecular weight is 556 g/mol. The summed E-state index contributed by atoms with van der Waals surface area (Å²) in [5.74, 6) is -1.18. The molecule has 2 rings (SSSR count). The number of hydrogen-bond acceptors (Lipinski definition) is 7. The molecule has 0 heterocycles. The third kappa shape index (κ3) is 10.2. The van der Waals surface area contributed by atoms with Crippen LogP contribution in [-0.4, -0.2) is 60.3 Å². The first-order chi connectivity index (χ1) is 18.7. The average Bonchev–Trinajstić information content (AvgIpc) is 2.86. The fraction of sp³-hybridized carbons (Fsp3) is 0.467. The minimum atomic E-state index is -1.01. The van der Waals surface area contributed by atoms with Crippen molar-refractivity contribution < 1.29 is 33.8 Å². The number of carbonyl (C=O) groups excluding carboxylic acids is 4. The van der Waals surface area contributed by atoms with Crippen molar-refractivity contribution in [2.24, 2.45) is 0 Å². The van der Waals surface area contributed by atoms with Crippen LogP contribution in [0.4, 0.5) is 4.79 Å². The molecule has 0 aromatic heterocycles. The number of rotatable bonds is 11. The summed E-state index contributed by atoms with van der Waals surface area (Å²) in [5.41, 5.74) is 3.06. The Morgan fingerprint density at radius 2 is 1.55 bits per heavy atom. The van der Waals surface area contributed by atoms with Crippen molar-refractivity contribution in [2.45, 2.75) is 78.5 Å². The second kappa shape index (κ2) is 14.3. The highest BCUT2D eigenvalue weighted by molar-refractivity contribution is 5.91. The molecule has 0 spiro atoms. The molecular formula is C30H41N3O7. The van der Waals surface area contributed by atoms with E-state index in [-0.39, 0.29) is 18.1 Å². The van der Waals surface area contributed by atoms with Crippen molar-refractivity contribution in [3.63, 3.8) is 0 Å². The van der Waals surface area contributed by atoms with E-state index in [4.69, 9.17) is 9.47 Å². The highest BCUT2D eigenvalue weighted by Crippen LogP contribution is 2.22. The number of carbonyl (C=O) groups is 4. The van der Waals surface area contributed by atoms with E-state index in [1.54, 1.807) is 52.0 Å². The molecule has 2 aromatic rings. The Balaban J connectivity index is 1.97. The fourth-order valence-electron chi connectivity index (χ4n) is 4.12. The zero-order chi connectivity index (χ0) is 30.0. The number of alkyl carbamates (subject to hydrolysis) is 1. The number of aryl methyl sites for hydroxylation is 3. The third-order valence-electron chi connectivity index (χ3n) is 6.17. The molecular weight excluding hydrogens is 514 g/mol. The van der Waals surface area contributed by atoms with Crippen molar-refractivity contribution >= 4 is 23.9 Å². The van der Waals surface area contributed by atoms with E-state index in [0.717, 1.165) is 22.3 Å². The number of aromatic hydroxyl groups is 1. The van der Waals surface area contributed by atoms with Gasteiger partial charge in [-0.3, -0.25) is 9.59 Å². The summed E-state index contributed by atoms with van der Waals surface area (Å²) < 4.78 is 10.0. The van der Waals surface area contributed by atoms with Crippen LogP contribution < -0.4 is 16.0 Å². The molecule has 4 N–H and O–H groups in total. The van der Waals surface area contributed by atoms with Crippen molar-refractivity contribution in [3.8, 4) is 5.75 Å². The van der Waals surface area contributed by atoms with Gasteiger partial charge in [0.05, 0.1) is 12.7 Å². The quantitative estimate of drug-likeness (QED) is 0.246. The molecule has 0 saturated heterocycles. The van der Waals surface area contributed by atoms with Crippen molar-refractivity contribution in [1.82, 2.24) is 16.0 Å². The van der Waals surface area contributed by atoms with Crippen LogP contribution in [0.1, 0.15) is 66.7 Å². The smallest absolute Gasteiger partial charge is 0.408 e. The summed E-state index contributed by atoms with van der Waals surface area (Å²) in [5, 5.41) is 18.0. The first-order valence-corrected chi connectivity index (χ1v) is 13.2. The maximum absolute atomic E-state index is 13.2. The maximum Gasteiger partial charge on any atom is 0.408 e. The van der Waals surface area contributed by atoms with Gasteiger partial charge in [-0.15, -0.1) is 0 Å². The molecule has 40 heavy (non-hydrogen) atoms. The lowest BCUT2D eigenvalue weighted by molar-refractivity contribution is -0.129. The number of ether oxygens (including phenoxy) is 2. The standard InChI is InChI=1S/C30H41N3O7/c1-18-15-23(34)16-19(2)24(18)17-25(33-29(38)40-30(4,5)6)27(36)32-20(3)26(35)31-14-8-9-21-10-12-22(13-11-21)28(37)39-7/h10-13,15-16,20,25,34H,8-9,14,17H2,1-7H3,(H,31,35)(H,32,36)(H,33,38)/t20-,25+/m1/s1. The van der Waals surface area contributed by atoms with Crippen LogP contribution in [0, 0.1) is 13.8 Å². The molecule has 3 amide bonds. The van der Waals surface area contributed by atoms with Gasteiger partial charge in [-0.05, 0) is 101 Å². The number of nitrogens with one attached hydrogen (secondary N) is 3. The van der Waals surface area contributed by atoms with Crippen LogP contribution in [0.15, 0.2) is 36.4 Å². The highest BCUT2D eigenvalue weighted by Gasteiger charge is 2.28. The van der Waals surface area contributed by atoms with Crippen LogP contribution in [-0.2, 0) is 31.9 Å². The number of methoxy groups -OCH3 is 1. The largest absolute Gasteiger partial charge is 0.508 e. The van der Waals surface area contributed by atoms with Gasteiger partial charge in [-0.2, -0.15) is 0 Å². The molecule has 0 aliphatic rings. The van der Waals surface area contributed by atoms with Gasteiger partial charge >= 0.3 is 12.1 Å². The molecule has 0 radical (unpaired) electrons. The highest BCUT2D eigenvalue weighted by atomic mass is 16.6. The van der Waals surface area contributed by atoms with Crippen LogP contribution in [0.25, 0.3) is 0 Å². The van der Waals surface area contributed by atoms with Crippen LogP contribution in [0.3, 0.4) is 0 Å². The second-order valence-corrected chi connectivity index (χ2v) is 10.8. The van der Waals surface area contributed by atoms with E-state index in [2.05, 4.69) is 16.0 Å². The van der Waals surface area contributed by atoms with Gasteiger partial charge in [0.2, 0.25) is 11.8 Å². The first kappa shape index (κ1) is 32.1. The number of hydrogen-bond donors (Lipinski definition) is 4. The monoisotopic (exact) mass is 555 g/mol. The molecule has 10 nitrogen and oxygen atoms in total. The molecule has 10 heteroatoms. The van der Waals surface area contributed by atoms with Crippen molar-refractivity contribution in [1.29, 1.82) is 0 Å². The molecule has 0 bridgehead atoms. The SMILES string of the molecule is COC(=O)c1ccc(CCCNC(=O)[C@@H](C)NC(=O)[C@H](Cc2c(C)cc(O)cc2C)NC(=O)OC(C)(C)C)cc1. The van der Waals surface area contributed by atoms with Gasteiger partial charge in [0.1, 0.15) is 23.4 Å². The van der Waals surface area contributed by atoms with Crippen LogP contribution in [0.2, 0.25) is 0 Å². The molecule has 218 valence electrons. The van der Waals surface area contributed by atoms with Gasteiger partial charge in [0.25, 0.3) is 0 Å². The van der Waals surface area contributed by atoms with Gasteiger partial charge in [0.15, 0.2) is 0 Å². The molecule has 2 aromatic carbocycles. The van der Waals surface area contributed by atoms with E-state index in [1.807, 2.05) is 26.0 Å². The third-order valence-corrected chi connectivity index (χ3v) is 6.17. The Hall–Kier alpha value is -4.08. The van der Waals surface area contributed by atoms with E-state index in [9.17, 15) is 24.3 Å². The van der Waals surface area contributed by atoms with Crippen molar-refractivity contribution in [2.75, 3.05) is 13.7 Å². The summed E-state index contributed by atoms with van der Waals surface area (Å²) in [7, 11) is 1.33. The summed E-state index contributed by atoms with van der Waals surface area (Å²) in [6, 6.07) is 8.39. The van der Waals surface area contributed by atoms with Gasteiger partial charge in [0, 0.05) is 13.0 Å². The number of benzene rings is 2. The molecule has 0 saturated carbocycles. The normalized spacial score (nSPS) is 12.6. The Kier molecular flexibility index (Phi) is 11.5. The van der Waals surface area contributed by atoms with Crippen molar-refractivity contribution in [3.05, 3.63) is 64.2 Å². The summed E-state index contributed by atoms with van der Waals surface area (Å²) >= 11 is 0. The van der Waals surface area contributed by atoms with E-state index >= 15 is 0 Å². The maximum atomic E-state index is 13.2. The number of amides is 3. The number of esters is 1. The molecule has 0 unspecified atom stereocenters. The van der Waals surface area contributed by atoms with Crippen LogP contribution >= 0.6 is 0 Å². The number of phenols is 1. The van der Waals surface area contributed by atoms with E-state index < -0.39 is 35.7 Å². The Morgan fingerprint density at radius 1 is 0.950 bits per heavy atom. The second-order valence-electron chi connectivity index (χ2n) is 10.8. The van der Waals surface area contributed by atoms with E-state index in [1.165, 1.54) is 7.11 Å². The fourth-order valence-corrected chi connectivity index (χ4v) is 4.12. The van der Waals surface area contributed by atoms with Gasteiger partial charge in [-0.1, -0.05) is 12.1 Å². The lowest BCUT2D eigenvalue weighted by Gasteiger charge is -2.25. The predicted octanol–water partition coefficient (Wildman–Crippen LogP) is 3.49.